The summed E-state index contributed by atoms with van der Waals surface area (Å²) in [5, 5.41) is 0. The predicted molar refractivity (Wildman–Crippen MR) is 52.4 cm³/mol. The Balaban J connectivity index is 3.44. The van der Waals surface area contributed by atoms with Gasteiger partial charge in [0.1, 0.15) is 0 Å². The minimum absolute atomic E-state index is 0.832. The zero-order chi connectivity index (χ0) is 8.97. The molecule has 0 nitrogen and oxygen atoms in total. The molecule has 1 rings (SSSR count). The first kappa shape index (κ1) is 8.36. The highest BCUT2D eigenvalue weighted by molar-refractivity contribution is 5.62. The quantitative estimate of drug-likeness (QED) is 0.573. The average Bonchev–Trinajstić information content (AvgIpc) is 2.16. The molecule has 0 unspecified atom stereocenters. The lowest BCUT2D eigenvalue weighted by Crippen LogP contribution is -1.86. The van der Waals surface area contributed by atoms with E-state index in [4.69, 9.17) is 6.42 Å². The largest absolute Gasteiger partial charge is 0.115 e. The molecule has 0 aliphatic carbocycles. The Hall–Kier alpha value is -1.74. The standard InChI is InChI=1S/C12H9/c1-4-10-8-7-9-11(5-2)12(10)6-3/h1,6-9H,2-3H2. The van der Waals surface area contributed by atoms with Gasteiger partial charge < -0.3 is 0 Å². The maximum atomic E-state index is 5.30. The minimum Gasteiger partial charge on any atom is -0.115 e. The third kappa shape index (κ3) is 1.31. The van der Waals surface area contributed by atoms with Crippen LogP contribution in [0.1, 0.15) is 16.7 Å². The lowest BCUT2D eigenvalue weighted by Gasteiger charge is -2.01. The molecule has 0 bridgehead atoms. The highest BCUT2D eigenvalue weighted by Gasteiger charge is 1.99. The fourth-order valence-corrected chi connectivity index (χ4v) is 1.07. The first-order valence-corrected chi connectivity index (χ1v) is 3.58. The van der Waals surface area contributed by atoms with E-state index in [0.717, 1.165) is 16.7 Å². The zero-order valence-corrected chi connectivity index (χ0v) is 6.80. The Morgan fingerprint density at radius 1 is 1.33 bits per heavy atom. The Kier molecular flexibility index (Phi) is 2.50. The molecule has 0 aliphatic heterocycles. The number of terminal acetylenes is 1. The topological polar surface area (TPSA) is 0 Å². The third-order valence-electron chi connectivity index (χ3n) is 1.66. The fraction of sp³-hybridized carbons (Fsp3) is 0. The Labute approximate surface area is 73.2 Å². The Morgan fingerprint density at radius 3 is 2.50 bits per heavy atom. The van der Waals surface area contributed by atoms with Crippen LogP contribution < -0.4 is 0 Å². The smallest absolute Gasteiger partial charge is 0.0321 e. The molecular weight excluding hydrogens is 144 g/mol. The monoisotopic (exact) mass is 153 g/mol. The predicted octanol–water partition coefficient (Wildman–Crippen LogP) is 2.65. The molecule has 0 N–H and O–H groups in total. The van der Waals surface area contributed by atoms with E-state index < -0.39 is 0 Å². The zero-order valence-electron chi connectivity index (χ0n) is 6.80. The van der Waals surface area contributed by atoms with Crippen LogP contribution in [0, 0.1) is 18.4 Å². The van der Waals surface area contributed by atoms with Crippen LogP contribution >= 0.6 is 0 Å². The van der Waals surface area contributed by atoms with E-state index in [1.54, 1.807) is 6.08 Å². The molecule has 12 heavy (non-hydrogen) atoms. The minimum atomic E-state index is 0.832. The van der Waals surface area contributed by atoms with Crippen molar-refractivity contribution in [1.82, 2.24) is 0 Å². The van der Waals surface area contributed by atoms with E-state index in [9.17, 15) is 0 Å². The summed E-state index contributed by atoms with van der Waals surface area (Å²) in [6, 6.07) is 5.67. The van der Waals surface area contributed by atoms with E-state index in [1.165, 1.54) is 0 Å². The van der Waals surface area contributed by atoms with Crippen LogP contribution in [0.15, 0.2) is 31.4 Å². The van der Waals surface area contributed by atoms with Crippen molar-refractivity contribution in [2.45, 2.75) is 0 Å². The van der Waals surface area contributed by atoms with Crippen molar-refractivity contribution in [1.29, 1.82) is 0 Å². The molecule has 57 valence electrons. The number of rotatable bonds is 2. The maximum absolute atomic E-state index is 5.30. The van der Waals surface area contributed by atoms with Crippen molar-refractivity contribution in [3.8, 4) is 12.3 Å². The van der Waals surface area contributed by atoms with Gasteiger partial charge in [-0.05, 0) is 23.3 Å². The van der Waals surface area contributed by atoms with Crippen LogP contribution in [0.25, 0.3) is 6.08 Å². The first-order chi connectivity index (χ1) is 5.83. The molecular formula is C12H9. The van der Waals surface area contributed by atoms with E-state index in [1.807, 2.05) is 18.2 Å². The molecule has 0 saturated heterocycles. The van der Waals surface area contributed by atoms with Gasteiger partial charge in [-0.2, -0.15) is 0 Å². The first-order valence-electron chi connectivity index (χ1n) is 3.58. The maximum Gasteiger partial charge on any atom is 0.0321 e. The number of hydrogen-bond acceptors (Lipinski definition) is 0. The second-order valence-corrected chi connectivity index (χ2v) is 2.29. The summed E-state index contributed by atoms with van der Waals surface area (Å²) < 4.78 is 0. The van der Waals surface area contributed by atoms with Gasteiger partial charge in [0, 0.05) is 5.56 Å². The van der Waals surface area contributed by atoms with Gasteiger partial charge in [-0.25, -0.2) is 0 Å². The van der Waals surface area contributed by atoms with Crippen molar-refractivity contribution in [2.75, 3.05) is 0 Å². The van der Waals surface area contributed by atoms with E-state index >= 15 is 0 Å². The lowest BCUT2D eigenvalue weighted by molar-refractivity contribution is 1.51. The van der Waals surface area contributed by atoms with E-state index in [-0.39, 0.29) is 0 Å². The SMILES string of the molecule is C#Cc1cccc([C]=C)c1C=C. The van der Waals surface area contributed by atoms with Gasteiger partial charge in [0.2, 0.25) is 0 Å². The van der Waals surface area contributed by atoms with Gasteiger partial charge in [0.15, 0.2) is 0 Å². The van der Waals surface area contributed by atoms with Crippen LogP contribution in [-0.4, -0.2) is 0 Å². The second kappa shape index (κ2) is 3.59. The van der Waals surface area contributed by atoms with Crippen molar-refractivity contribution < 1.29 is 0 Å². The van der Waals surface area contributed by atoms with Crippen LogP contribution in [-0.2, 0) is 0 Å². The second-order valence-electron chi connectivity index (χ2n) is 2.29. The summed E-state index contributed by atoms with van der Waals surface area (Å²) in [6.07, 6.45) is 9.83. The molecule has 0 aliphatic rings. The third-order valence-corrected chi connectivity index (χ3v) is 1.66. The summed E-state index contributed by atoms with van der Waals surface area (Å²) in [5.74, 6) is 2.58. The molecule has 0 saturated carbocycles. The van der Waals surface area contributed by atoms with Gasteiger partial charge in [0.25, 0.3) is 0 Å². The summed E-state index contributed by atoms with van der Waals surface area (Å²) in [7, 11) is 0. The fourth-order valence-electron chi connectivity index (χ4n) is 1.07. The highest BCUT2D eigenvalue weighted by atomic mass is 14.0. The van der Waals surface area contributed by atoms with Gasteiger partial charge in [-0.15, -0.1) is 6.42 Å². The summed E-state index contributed by atoms with van der Waals surface area (Å²) in [5.41, 5.74) is 2.66. The molecule has 0 spiro atoms. The highest BCUT2D eigenvalue weighted by Crippen LogP contribution is 2.14. The van der Waals surface area contributed by atoms with Crippen LogP contribution in [0.3, 0.4) is 0 Å². The van der Waals surface area contributed by atoms with Crippen molar-refractivity contribution in [3.63, 3.8) is 0 Å². The summed E-state index contributed by atoms with van der Waals surface area (Å²) in [6.45, 7) is 7.26. The average molecular weight is 153 g/mol. The Morgan fingerprint density at radius 2 is 2.00 bits per heavy atom. The molecule has 0 heterocycles. The molecule has 0 heteroatoms. The lowest BCUT2D eigenvalue weighted by atomic mass is 10.0. The number of hydrogen-bond donors (Lipinski definition) is 0. The molecule has 1 aromatic rings. The molecule has 1 radical (unpaired) electrons. The summed E-state index contributed by atoms with van der Waals surface area (Å²) >= 11 is 0. The van der Waals surface area contributed by atoms with E-state index in [2.05, 4.69) is 25.2 Å². The van der Waals surface area contributed by atoms with Gasteiger partial charge >= 0.3 is 0 Å². The van der Waals surface area contributed by atoms with Crippen LogP contribution in [0.4, 0.5) is 0 Å². The van der Waals surface area contributed by atoms with Crippen LogP contribution in [0.5, 0.6) is 0 Å². The Bertz CT molecular complexity index is 351. The van der Waals surface area contributed by atoms with Crippen molar-refractivity contribution >= 4 is 6.08 Å². The van der Waals surface area contributed by atoms with Gasteiger partial charge in [0.05, 0.1) is 0 Å². The van der Waals surface area contributed by atoms with Crippen molar-refractivity contribution in [3.05, 3.63) is 54.1 Å². The van der Waals surface area contributed by atoms with Crippen molar-refractivity contribution in [2.24, 2.45) is 0 Å². The molecule has 1 aromatic carbocycles. The molecule has 0 amide bonds. The number of benzene rings is 1. The molecule has 0 aromatic heterocycles. The summed E-state index contributed by atoms with van der Waals surface area (Å²) in [4.78, 5) is 0. The van der Waals surface area contributed by atoms with Crippen LogP contribution in [0.2, 0.25) is 0 Å². The van der Waals surface area contributed by atoms with Gasteiger partial charge in [-0.1, -0.05) is 37.3 Å². The molecule has 0 atom stereocenters. The molecule has 0 fully saturated rings. The van der Waals surface area contributed by atoms with Gasteiger partial charge in [-0.3, -0.25) is 0 Å². The normalized spacial score (nSPS) is 8.58. The van der Waals surface area contributed by atoms with E-state index in [0.29, 0.717) is 0 Å².